The Kier molecular flexibility index (Phi) is 8.38. The van der Waals surface area contributed by atoms with Crippen molar-refractivity contribution in [2.45, 2.75) is 58.8 Å². The number of fused-ring (bicyclic) bond motifs is 4. The molecule has 7 aromatic carbocycles. The molecular formula is C57H48N4OPt-2. The molecule has 314 valence electrons. The van der Waals surface area contributed by atoms with E-state index in [4.69, 9.17) is 23.4 Å². The quantitative estimate of drug-likeness (QED) is 0.101. The Morgan fingerprint density at radius 3 is 2.10 bits per heavy atom. The van der Waals surface area contributed by atoms with Crippen molar-refractivity contribution in [3.63, 3.8) is 0 Å². The van der Waals surface area contributed by atoms with E-state index in [0.29, 0.717) is 46.9 Å². The molecule has 3 heterocycles. The summed E-state index contributed by atoms with van der Waals surface area (Å²) in [5, 5.41) is 1.98. The molecule has 0 atom stereocenters. The first-order chi connectivity index (χ1) is 34.8. The molecular weight excluding hydrogens is 952 g/mol. The Labute approximate surface area is 400 Å². The van der Waals surface area contributed by atoms with Crippen LogP contribution in [0.15, 0.2) is 170 Å². The molecule has 63 heavy (non-hydrogen) atoms. The van der Waals surface area contributed by atoms with Gasteiger partial charge in [-0.15, -0.1) is 29.7 Å². The van der Waals surface area contributed by atoms with Crippen LogP contribution in [0.25, 0.3) is 72.3 Å². The summed E-state index contributed by atoms with van der Waals surface area (Å²) in [6.07, 6.45) is 6.45. The summed E-state index contributed by atoms with van der Waals surface area (Å²) < 4.78 is 108. The standard InChI is InChI=1S/C57H48N4O.Pt/c1-6-39(7-2)42-32-33-58-55(34-42)61-51-31-28-43(57(3,4)5)35-50(51)49-30-29-46(37-54(49)61)62-45-23-16-22-44(36-45)59-38-60(53-27-15-14-26-52(53)59)56-47(40-18-10-8-11-19-40)24-17-25-48(56)41-20-12-9-13-21-41;/h8-35,39H,6-7H2,1-5H3;/q-2;/i8D,9D,10D,11D,12D,13D,18D,19D,20D,21D,39D;. The molecule has 0 saturated heterocycles. The molecule has 0 spiro atoms. The minimum atomic E-state index is -0.781. The predicted molar refractivity (Wildman–Crippen MR) is 253 cm³/mol. The minimum Gasteiger partial charge on any atom is -0.510 e. The number of pyridine rings is 1. The fourth-order valence-electron chi connectivity index (χ4n) is 8.21. The third-order valence-corrected chi connectivity index (χ3v) is 11.3. The summed E-state index contributed by atoms with van der Waals surface area (Å²) in [7, 11) is 0. The Morgan fingerprint density at radius 2 is 1.40 bits per heavy atom. The monoisotopic (exact) mass is 1010 g/mol. The van der Waals surface area contributed by atoms with Crippen molar-refractivity contribution in [2.75, 3.05) is 0 Å². The van der Waals surface area contributed by atoms with Gasteiger partial charge in [-0.3, -0.25) is 4.57 Å². The van der Waals surface area contributed by atoms with Crippen molar-refractivity contribution < 1.29 is 45.4 Å². The Bertz CT molecular complexity index is 3750. The van der Waals surface area contributed by atoms with E-state index in [9.17, 15) is 1.37 Å². The molecule has 3 aromatic heterocycles. The predicted octanol–water partition coefficient (Wildman–Crippen LogP) is 14.1. The first-order valence-corrected chi connectivity index (χ1v) is 20.7. The smallest absolute Gasteiger partial charge is 0.268 e. The van der Waals surface area contributed by atoms with Gasteiger partial charge in [0.1, 0.15) is 5.82 Å². The number of para-hydroxylation sites is 3. The van der Waals surface area contributed by atoms with Gasteiger partial charge in [0.15, 0.2) is 0 Å². The number of nitrogens with zero attached hydrogens (tertiary/aromatic N) is 4. The molecule has 0 fully saturated rings. The van der Waals surface area contributed by atoms with Crippen molar-refractivity contribution in [3.05, 3.63) is 199 Å². The maximum Gasteiger partial charge on any atom is 0.268 e. The zero-order valence-corrected chi connectivity index (χ0v) is 37.6. The molecule has 0 saturated carbocycles. The average Bonchev–Trinajstić information content (AvgIpc) is 3.94. The van der Waals surface area contributed by atoms with Crippen molar-refractivity contribution in [3.8, 4) is 50.9 Å². The van der Waals surface area contributed by atoms with E-state index in [-0.39, 0.29) is 54.4 Å². The molecule has 0 aliphatic heterocycles. The van der Waals surface area contributed by atoms with Crippen molar-refractivity contribution in [1.82, 2.24) is 14.1 Å². The van der Waals surface area contributed by atoms with Crippen LogP contribution in [0, 0.1) is 18.5 Å². The second-order valence-corrected chi connectivity index (χ2v) is 16.1. The second kappa shape index (κ2) is 17.3. The maximum absolute atomic E-state index is 9.26. The second-order valence-electron chi connectivity index (χ2n) is 16.1. The molecule has 0 aliphatic carbocycles. The topological polar surface area (TPSA) is 35.9 Å². The van der Waals surface area contributed by atoms with Gasteiger partial charge in [0.2, 0.25) is 0 Å². The summed E-state index contributed by atoms with van der Waals surface area (Å²) in [6, 6.07) is 33.3. The first kappa shape index (κ1) is 30.5. The van der Waals surface area contributed by atoms with Gasteiger partial charge in [-0.05, 0) is 86.8 Å². The zero-order chi connectivity index (χ0) is 52.0. The van der Waals surface area contributed by atoms with Crippen molar-refractivity contribution in [1.29, 1.82) is 0 Å². The normalized spacial score (nSPS) is 14.3. The SMILES string of the molecule is [2H]c1c([2H])c([2H])c(-c2cccc(-c3c([2H])c([2H])c([2H])c([2H])c3[2H])c2-[n+]2[c-]n(-c3[c-]c(Oc4[c-]c5c(cc4)c4cc(C(C)(C)C)ccc4n5-c4cc(C([2H])(CC)CC)ccn4)ccc3)c3ccccc32)c([2H])c1[2H].[Pt]. The van der Waals surface area contributed by atoms with E-state index < -0.39 is 66.3 Å². The molecule has 5 nitrogen and oxygen atoms in total. The van der Waals surface area contributed by atoms with Gasteiger partial charge in [-0.2, -0.15) is 18.2 Å². The van der Waals surface area contributed by atoms with Crippen LogP contribution in [-0.2, 0) is 26.5 Å². The molecule has 0 unspecified atom stereocenters. The van der Waals surface area contributed by atoms with Crippen molar-refractivity contribution >= 4 is 32.8 Å². The Hall–Kier alpha value is -6.55. The fourth-order valence-corrected chi connectivity index (χ4v) is 8.21. The summed E-state index contributed by atoms with van der Waals surface area (Å²) in [5.41, 5.74) is 5.37. The molecule has 0 amide bonds. The molecule has 0 radical (unpaired) electrons. The van der Waals surface area contributed by atoms with Gasteiger partial charge < -0.3 is 13.9 Å². The van der Waals surface area contributed by atoms with E-state index in [1.807, 2.05) is 56.3 Å². The van der Waals surface area contributed by atoms with E-state index in [2.05, 4.69) is 62.0 Å². The molecule has 10 aromatic rings. The zero-order valence-electron chi connectivity index (χ0n) is 46.3. The van der Waals surface area contributed by atoms with Gasteiger partial charge >= 0.3 is 0 Å². The van der Waals surface area contributed by atoms with Gasteiger partial charge in [-0.1, -0.05) is 155 Å². The molecule has 0 N–H and O–H groups in total. The van der Waals surface area contributed by atoms with Gasteiger partial charge in [0, 0.05) is 45.6 Å². The Morgan fingerprint density at radius 1 is 0.714 bits per heavy atom. The van der Waals surface area contributed by atoms with Crippen LogP contribution < -0.4 is 9.30 Å². The first-order valence-electron chi connectivity index (χ1n) is 26.2. The number of hydrogen-bond acceptors (Lipinski definition) is 2. The van der Waals surface area contributed by atoms with Gasteiger partial charge in [0.25, 0.3) is 6.33 Å². The van der Waals surface area contributed by atoms with E-state index in [0.717, 1.165) is 27.4 Å². The van der Waals surface area contributed by atoms with Crippen LogP contribution in [0.1, 0.15) is 79.6 Å². The number of ether oxygens (including phenoxy) is 1. The summed E-state index contributed by atoms with van der Waals surface area (Å²) in [6.45, 7) is 10.6. The molecule has 10 rings (SSSR count). The number of rotatable bonds is 10. The van der Waals surface area contributed by atoms with Crippen LogP contribution in [0.2, 0.25) is 0 Å². The molecule has 0 bridgehead atoms. The molecule has 6 heteroatoms. The Balaban J connectivity index is 0.00000672. The third-order valence-electron chi connectivity index (χ3n) is 11.3. The fraction of sp³-hybridized carbons (Fsp3) is 0.158. The summed E-state index contributed by atoms with van der Waals surface area (Å²) in [4.78, 5) is 4.85. The number of imidazole rings is 1. The van der Waals surface area contributed by atoms with Gasteiger partial charge in [-0.25, -0.2) is 4.98 Å². The van der Waals surface area contributed by atoms with E-state index in [1.54, 1.807) is 57.8 Å². The average molecular weight is 1010 g/mol. The van der Waals surface area contributed by atoms with Crippen LogP contribution in [-0.4, -0.2) is 14.1 Å². The van der Waals surface area contributed by atoms with Crippen molar-refractivity contribution in [2.24, 2.45) is 0 Å². The number of aromatic nitrogens is 4. The van der Waals surface area contributed by atoms with E-state index >= 15 is 0 Å². The van der Waals surface area contributed by atoms with Crippen LogP contribution in [0.3, 0.4) is 0 Å². The van der Waals surface area contributed by atoms with Gasteiger partial charge in [0.05, 0.1) is 30.4 Å². The molecule has 0 aliphatic rings. The number of hydrogen-bond donors (Lipinski definition) is 0. The largest absolute Gasteiger partial charge is 0.510 e. The van der Waals surface area contributed by atoms with Crippen LogP contribution in [0.4, 0.5) is 0 Å². The summed E-state index contributed by atoms with van der Waals surface area (Å²) in [5.74, 6) is 0.624. The maximum atomic E-state index is 9.26. The summed E-state index contributed by atoms with van der Waals surface area (Å²) >= 11 is 0. The minimum absolute atomic E-state index is 0. The van der Waals surface area contributed by atoms with E-state index in [1.165, 1.54) is 5.56 Å². The van der Waals surface area contributed by atoms with Crippen LogP contribution >= 0.6 is 0 Å². The third kappa shape index (κ3) is 7.81. The van der Waals surface area contributed by atoms with Crippen LogP contribution in [0.5, 0.6) is 11.5 Å². The number of benzene rings is 7.